The summed E-state index contributed by atoms with van der Waals surface area (Å²) in [6.45, 7) is 5.37. The predicted octanol–water partition coefficient (Wildman–Crippen LogP) is 3.38. The van der Waals surface area contributed by atoms with Crippen molar-refractivity contribution in [3.8, 4) is 5.75 Å². The highest BCUT2D eigenvalue weighted by atomic mass is 35.5. The summed E-state index contributed by atoms with van der Waals surface area (Å²) in [4.78, 5) is 23.5. The van der Waals surface area contributed by atoms with Gasteiger partial charge in [-0.15, -0.1) is 0 Å². The van der Waals surface area contributed by atoms with E-state index in [2.05, 4.69) is 5.32 Å². The predicted molar refractivity (Wildman–Crippen MR) is 134 cm³/mol. The maximum atomic E-state index is 13.4. The standard InChI is InChI=1S/C22H28ClN3O4S.C2HF3O2/c1-2-30-20-6-8-21(9-7-20)31(28,29)26(17-18-4-3-5-19(23)16-18)13-10-22(27)25-14-11-24-12-15-25;3-2(4,5)1(6)7/h3-9,16,24H,2,10-15,17H2,1H3;(H,6,7). The van der Waals surface area contributed by atoms with Crippen molar-refractivity contribution in [1.82, 2.24) is 14.5 Å². The normalized spacial score (nSPS) is 14.0. The third-order valence-electron chi connectivity index (χ3n) is 5.31. The summed E-state index contributed by atoms with van der Waals surface area (Å²) < 4.78 is 65.3. The van der Waals surface area contributed by atoms with Gasteiger partial charge in [-0.3, -0.25) is 4.79 Å². The van der Waals surface area contributed by atoms with Crippen molar-refractivity contribution in [3.63, 3.8) is 0 Å². The lowest BCUT2D eigenvalue weighted by molar-refractivity contribution is -0.192. The highest BCUT2D eigenvalue weighted by molar-refractivity contribution is 7.89. The first-order valence-corrected chi connectivity index (χ1v) is 13.4. The number of benzene rings is 2. The fourth-order valence-electron chi connectivity index (χ4n) is 3.44. The molecule has 2 aromatic rings. The van der Waals surface area contributed by atoms with Crippen LogP contribution in [0.2, 0.25) is 5.02 Å². The van der Waals surface area contributed by atoms with Gasteiger partial charge in [0.25, 0.3) is 0 Å². The molecule has 0 aliphatic carbocycles. The number of nitrogens with zero attached hydrogens (tertiary/aromatic N) is 2. The fraction of sp³-hybridized carbons (Fsp3) is 0.417. The Kier molecular flexibility index (Phi) is 11.8. The van der Waals surface area contributed by atoms with Gasteiger partial charge in [0.2, 0.25) is 15.9 Å². The van der Waals surface area contributed by atoms with E-state index in [4.69, 9.17) is 26.2 Å². The number of sulfonamides is 1. The number of amides is 1. The number of nitrogens with one attached hydrogen (secondary N) is 1. The first-order chi connectivity index (χ1) is 17.8. The molecule has 1 heterocycles. The molecule has 0 unspecified atom stereocenters. The number of rotatable bonds is 9. The molecule has 210 valence electrons. The number of halogens is 4. The molecule has 3 rings (SSSR count). The molecule has 1 aliphatic rings. The number of ether oxygens (including phenoxy) is 1. The van der Waals surface area contributed by atoms with Crippen LogP contribution in [0.4, 0.5) is 13.2 Å². The Bertz CT molecular complexity index is 1170. The Labute approximate surface area is 224 Å². The van der Waals surface area contributed by atoms with Gasteiger partial charge < -0.3 is 20.1 Å². The summed E-state index contributed by atoms with van der Waals surface area (Å²) in [6, 6.07) is 13.4. The topological polar surface area (TPSA) is 116 Å². The zero-order chi connectivity index (χ0) is 28.3. The summed E-state index contributed by atoms with van der Waals surface area (Å²) >= 11 is 6.09. The van der Waals surface area contributed by atoms with Crippen LogP contribution in [0.5, 0.6) is 5.75 Å². The van der Waals surface area contributed by atoms with Gasteiger partial charge in [0.05, 0.1) is 11.5 Å². The molecule has 0 aromatic heterocycles. The maximum absolute atomic E-state index is 13.4. The first-order valence-electron chi connectivity index (χ1n) is 11.6. The van der Waals surface area contributed by atoms with Crippen molar-refractivity contribution in [2.24, 2.45) is 0 Å². The summed E-state index contributed by atoms with van der Waals surface area (Å²) in [5, 5.41) is 10.9. The van der Waals surface area contributed by atoms with Gasteiger partial charge in [-0.25, -0.2) is 13.2 Å². The summed E-state index contributed by atoms with van der Waals surface area (Å²) in [5.74, 6) is -2.19. The highest BCUT2D eigenvalue weighted by Gasteiger charge is 2.38. The molecular formula is C24H29ClF3N3O6S. The quantitative estimate of drug-likeness (QED) is 0.468. The summed E-state index contributed by atoms with van der Waals surface area (Å²) in [6.07, 6.45) is -4.96. The molecule has 0 spiro atoms. The van der Waals surface area contributed by atoms with Crippen molar-refractivity contribution in [3.05, 3.63) is 59.1 Å². The molecule has 1 saturated heterocycles. The largest absolute Gasteiger partial charge is 0.494 e. The molecule has 38 heavy (non-hydrogen) atoms. The van der Waals surface area contributed by atoms with Crippen LogP contribution in [0.25, 0.3) is 0 Å². The smallest absolute Gasteiger partial charge is 0.490 e. The van der Waals surface area contributed by atoms with Crippen LogP contribution < -0.4 is 10.1 Å². The van der Waals surface area contributed by atoms with E-state index in [1.807, 2.05) is 13.0 Å². The lowest BCUT2D eigenvalue weighted by Crippen LogP contribution is -2.47. The van der Waals surface area contributed by atoms with Gasteiger partial charge in [0.1, 0.15) is 5.75 Å². The number of carboxylic acids is 1. The monoisotopic (exact) mass is 579 g/mol. The van der Waals surface area contributed by atoms with E-state index in [9.17, 15) is 26.4 Å². The van der Waals surface area contributed by atoms with Crippen LogP contribution >= 0.6 is 11.6 Å². The Hall–Kier alpha value is -2.87. The molecule has 9 nitrogen and oxygen atoms in total. The molecule has 2 N–H and O–H groups in total. The molecule has 0 saturated carbocycles. The van der Waals surface area contributed by atoms with Crippen molar-refractivity contribution < 1.29 is 41.0 Å². The number of carbonyl (C=O) groups is 2. The van der Waals surface area contributed by atoms with E-state index >= 15 is 0 Å². The van der Waals surface area contributed by atoms with Crippen LogP contribution in [-0.2, 0) is 26.2 Å². The number of alkyl halides is 3. The van der Waals surface area contributed by atoms with Gasteiger partial charge >= 0.3 is 12.1 Å². The Morgan fingerprint density at radius 3 is 2.26 bits per heavy atom. The SMILES string of the molecule is CCOc1ccc(S(=O)(=O)N(CCC(=O)N2CCNCC2)Cc2cccc(Cl)c2)cc1.O=C(O)C(F)(F)F. The van der Waals surface area contributed by atoms with Crippen molar-refractivity contribution >= 4 is 33.5 Å². The average Bonchev–Trinajstić information content (AvgIpc) is 2.87. The Morgan fingerprint density at radius 1 is 1.13 bits per heavy atom. The van der Waals surface area contributed by atoms with Crippen molar-refractivity contribution in [1.29, 1.82) is 0 Å². The molecule has 1 fully saturated rings. The first kappa shape index (κ1) is 31.3. The van der Waals surface area contributed by atoms with Crippen LogP contribution in [0.15, 0.2) is 53.4 Å². The summed E-state index contributed by atoms with van der Waals surface area (Å²) in [5.41, 5.74) is 0.761. The number of hydrogen-bond donors (Lipinski definition) is 2. The molecule has 1 aliphatic heterocycles. The zero-order valence-corrected chi connectivity index (χ0v) is 22.2. The molecule has 0 bridgehead atoms. The van der Waals surface area contributed by atoms with Gasteiger partial charge in [0.15, 0.2) is 0 Å². The number of carbonyl (C=O) groups excluding carboxylic acids is 1. The van der Waals surface area contributed by atoms with Crippen molar-refractivity contribution in [2.45, 2.75) is 31.0 Å². The molecule has 0 atom stereocenters. The van der Waals surface area contributed by atoms with E-state index in [0.717, 1.165) is 18.7 Å². The molecule has 0 radical (unpaired) electrons. The molecular weight excluding hydrogens is 551 g/mol. The zero-order valence-electron chi connectivity index (χ0n) is 20.6. The third kappa shape index (κ3) is 9.78. The van der Waals surface area contributed by atoms with Gasteiger partial charge in [-0.1, -0.05) is 23.7 Å². The van der Waals surface area contributed by atoms with Crippen LogP contribution in [0.3, 0.4) is 0 Å². The number of hydrogen-bond acceptors (Lipinski definition) is 6. The minimum absolute atomic E-state index is 0.0421. The lowest BCUT2D eigenvalue weighted by atomic mass is 10.2. The van der Waals surface area contributed by atoms with E-state index in [0.29, 0.717) is 30.5 Å². The Morgan fingerprint density at radius 2 is 1.74 bits per heavy atom. The van der Waals surface area contributed by atoms with Crippen LogP contribution in [0.1, 0.15) is 18.9 Å². The maximum Gasteiger partial charge on any atom is 0.490 e. The molecule has 2 aromatic carbocycles. The van der Waals surface area contributed by atoms with Gasteiger partial charge in [0, 0.05) is 50.7 Å². The number of aliphatic carboxylic acids is 1. The van der Waals surface area contributed by atoms with Crippen LogP contribution in [0, 0.1) is 0 Å². The van der Waals surface area contributed by atoms with Gasteiger partial charge in [-0.05, 0) is 48.9 Å². The van der Waals surface area contributed by atoms with E-state index < -0.39 is 22.2 Å². The van der Waals surface area contributed by atoms with Crippen molar-refractivity contribution in [2.75, 3.05) is 39.3 Å². The summed E-state index contributed by atoms with van der Waals surface area (Å²) in [7, 11) is -3.82. The lowest BCUT2D eigenvalue weighted by Gasteiger charge is -2.29. The minimum Gasteiger partial charge on any atom is -0.494 e. The van der Waals surface area contributed by atoms with Gasteiger partial charge in [-0.2, -0.15) is 17.5 Å². The second-order valence-corrected chi connectivity index (χ2v) is 10.4. The molecule has 14 heteroatoms. The minimum atomic E-state index is -5.08. The molecule has 1 amide bonds. The fourth-order valence-corrected chi connectivity index (χ4v) is 5.08. The Balaban J connectivity index is 0.000000638. The highest BCUT2D eigenvalue weighted by Crippen LogP contribution is 2.23. The second-order valence-electron chi connectivity index (χ2n) is 8.06. The van der Waals surface area contributed by atoms with E-state index in [1.54, 1.807) is 35.2 Å². The number of piperazine rings is 1. The third-order valence-corrected chi connectivity index (χ3v) is 7.40. The number of carboxylic acid groups (broad SMARTS) is 1. The van der Waals surface area contributed by atoms with E-state index in [-0.39, 0.29) is 30.3 Å². The van der Waals surface area contributed by atoms with Crippen LogP contribution in [-0.4, -0.2) is 80.1 Å². The second kappa shape index (κ2) is 14.3. The van der Waals surface area contributed by atoms with E-state index in [1.165, 1.54) is 16.4 Å². The average molecular weight is 580 g/mol.